The van der Waals surface area contributed by atoms with Gasteiger partial charge in [-0.25, -0.2) is 0 Å². The van der Waals surface area contributed by atoms with Gasteiger partial charge >= 0.3 is 0 Å². The normalized spacial score (nSPS) is 10.6. The lowest BCUT2D eigenvalue weighted by atomic mass is 10.1. The summed E-state index contributed by atoms with van der Waals surface area (Å²) in [6.45, 7) is 7.26. The molecule has 0 aliphatic heterocycles. The Balaban J connectivity index is 3.31. The second-order valence-corrected chi connectivity index (χ2v) is 4.73. The van der Waals surface area contributed by atoms with Gasteiger partial charge in [-0.3, -0.25) is 0 Å². The highest BCUT2D eigenvalue weighted by Crippen LogP contribution is 2.28. The van der Waals surface area contributed by atoms with Crippen LogP contribution in [0.1, 0.15) is 26.3 Å². The number of nitrogens with two attached hydrogens (primary N) is 1. The van der Waals surface area contributed by atoms with Crippen LogP contribution in [0.2, 0.25) is 5.02 Å². The van der Waals surface area contributed by atoms with Gasteiger partial charge < -0.3 is 10.6 Å². The number of anilines is 1. The summed E-state index contributed by atoms with van der Waals surface area (Å²) in [6.07, 6.45) is 0. The average Bonchev–Trinajstić information content (AvgIpc) is 2.17. The van der Waals surface area contributed by atoms with Crippen molar-refractivity contribution in [2.45, 2.75) is 26.8 Å². The Morgan fingerprint density at radius 1 is 1.50 bits per heavy atom. The van der Waals surface area contributed by atoms with Crippen molar-refractivity contribution in [1.82, 2.24) is 0 Å². The minimum absolute atomic E-state index is 0.347. The van der Waals surface area contributed by atoms with Crippen LogP contribution < -0.4 is 10.6 Å². The van der Waals surface area contributed by atoms with Gasteiger partial charge in [0.2, 0.25) is 0 Å². The molecule has 0 bridgehead atoms. The fourth-order valence-electron chi connectivity index (χ4n) is 1.81. The van der Waals surface area contributed by atoms with Crippen molar-refractivity contribution in [2.75, 3.05) is 11.4 Å². The second kappa shape index (κ2) is 5.51. The van der Waals surface area contributed by atoms with E-state index in [0.29, 0.717) is 16.1 Å². The highest BCUT2D eigenvalue weighted by atomic mass is 35.5. The summed E-state index contributed by atoms with van der Waals surface area (Å²) in [5.41, 5.74) is 7.51. The van der Waals surface area contributed by atoms with Gasteiger partial charge in [-0.2, -0.15) is 0 Å². The van der Waals surface area contributed by atoms with Crippen LogP contribution in [0.5, 0.6) is 0 Å². The standard InChI is InChI=1S/C12H17ClN2S/c1-4-15(8(2)3)10-7-5-6-9(13)11(10)12(14)16/h5-8H,4H2,1-3H3,(H2,14,16). The fraction of sp³-hybridized carbons (Fsp3) is 0.417. The first-order valence-corrected chi connectivity index (χ1v) is 6.12. The predicted octanol–water partition coefficient (Wildman–Crippen LogP) is 3.21. The minimum atomic E-state index is 0.347. The van der Waals surface area contributed by atoms with Crippen LogP contribution in [0.3, 0.4) is 0 Å². The molecule has 16 heavy (non-hydrogen) atoms. The van der Waals surface area contributed by atoms with Crippen LogP contribution in [0, 0.1) is 0 Å². The molecule has 1 aromatic rings. The zero-order chi connectivity index (χ0) is 12.3. The van der Waals surface area contributed by atoms with E-state index in [-0.39, 0.29) is 0 Å². The molecule has 0 unspecified atom stereocenters. The summed E-state index contributed by atoms with van der Waals surface area (Å²) >= 11 is 11.2. The predicted molar refractivity (Wildman–Crippen MR) is 75.5 cm³/mol. The third kappa shape index (κ3) is 2.66. The minimum Gasteiger partial charge on any atom is -0.389 e. The van der Waals surface area contributed by atoms with Gasteiger partial charge in [0.05, 0.1) is 10.6 Å². The first kappa shape index (κ1) is 13.3. The lowest BCUT2D eigenvalue weighted by Gasteiger charge is -2.29. The zero-order valence-corrected chi connectivity index (χ0v) is 11.4. The van der Waals surface area contributed by atoms with Gasteiger partial charge in [0.1, 0.15) is 4.99 Å². The van der Waals surface area contributed by atoms with Crippen molar-refractivity contribution in [2.24, 2.45) is 5.73 Å². The smallest absolute Gasteiger partial charge is 0.107 e. The largest absolute Gasteiger partial charge is 0.389 e. The van der Waals surface area contributed by atoms with Crippen molar-refractivity contribution in [1.29, 1.82) is 0 Å². The Morgan fingerprint density at radius 2 is 2.12 bits per heavy atom. The SMILES string of the molecule is CCN(c1cccc(Cl)c1C(N)=S)C(C)C. The van der Waals surface area contributed by atoms with Gasteiger partial charge in [0, 0.05) is 18.3 Å². The third-order valence-electron chi connectivity index (χ3n) is 2.51. The number of rotatable bonds is 4. The van der Waals surface area contributed by atoms with E-state index < -0.39 is 0 Å². The van der Waals surface area contributed by atoms with E-state index in [2.05, 4.69) is 25.7 Å². The lowest BCUT2D eigenvalue weighted by molar-refractivity contribution is 0.703. The molecule has 0 aliphatic rings. The van der Waals surface area contributed by atoms with Crippen LogP contribution in [0.4, 0.5) is 5.69 Å². The third-order valence-corrected chi connectivity index (χ3v) is 3.03. The Hall–Kier alpha value is -0.800. The maximum atomic E-state index is 6.14. The average molecular weight is 257 g/mol. The van der Waals surface area contributed by atoms with Gasteiger partial charge in [-0.15, -0.1) is 0 Å². The molecule has 0 saturated carbocycles. The van der Waals surface area contributed by atoms with Gasteiger partial charge in [-0.1, -0.05) is 29.9 Å². The Bertz CT molecular complexity index is 391. The van der Waals surface area contributed by atoms with Crippen LogP contribution in [-0.2, 0) is 0 Å². The second-order valence-electron chi connectivity index (χ2n) is 3.88. The summed E-state index contributed by atoms with van der Waals surface area (Å²) in [4.78, 5) is 2.57. The molecule has 4 heteroatoms. The molecular formula is C12H17ClN2S. The molecule has 1 aromatic carbocycles. The van der Waals surface area contributed by atoms with Crippen molar-refractivity contribution < 1.29 is 0 Å². The number of nitrogens with zero attached hydrogens (tertiary/aromatic N) is 1. The lowest BCUT2D eigenvalue weighted by Crippen LogP contribution is -2.32. The Kier molecular flexibility index (Phi) is 4.56. The number of halogens is 1. The van der Waals surface area contributed by atoms with E-state index in [0.717, 1.165) is 17.8 Å². The van der Waals surface area contributed by atoms with Crippen LogP contribution >= 0.6 is 23.8 Å². The highest BCUT2D eigenvalue weighted by Gasteiger charge is 2.16. The van der Waals surface area contributed by atoms with Crippen LogP contribution in [0.25, 0.3) is 0 Å². The molecule has 0 amide bonds. The van der Waals surface area contributed by atoms with E-state index in [1.807, 2.05) is 18.2 Å². The van der Waals surface area contributed by atoms with Crippen molar-refractivity contribution in [3.63, 3.8) is 0 Å². The van der Waals surface area contributed by atoms with E-state index >= 15 is 0 Å². The van der Waals surface area contributed by atoms with Crippen molar-refractivity contribution in [3.8, 4) is 0 Å². The molecule has 1 rings (SSSR count). The first-order chi connectivity index (χ1) is 7.49. The summed E-state index contributed by atoms with van der Waals surface area (Å²) in [5.74, 6) is 0. The van der Waals surface area contributed by atoms with E-state index in [1.54, 1.807) is 0 Å². The summed E-state index contributed by atoms with van der Waals surface area (Å²) < 4.78 is 0. The van der Waals surface area contributed by atoms with Gasteiger partial charge in [-0.05, 0) is 32.9 Å². The summed E-state index contributed by atoms with van der Waals surface area (Å²) in [6, 6.07) is 6.12. The molecule has 0 spiro atoms. The van der Waals surface area contributed by atoms with Gasteiger partial charge in [0.15, 0.2) is 0 Å². The highest BCUT2D eigenvalue weighted by molar-refractivity contribution is 7.80. The van der Waals surface area contributed by atoms with E-state index in [4.69, 9.17) is 29.6 Å². The fourth-order valence-corrected chi connectivity index (χ4v) is 2.35. The quantitative estimate of drug-likeness (QED) is 0.839. The molecule has 0 atom stereocenters. The molecule has 0 saturated heterocycles. The molecule has 88 valence electrons. The Morgan fingerprint density at radius 3 is 2.56 bits per heavy atom. The molecule has 0 aromatic heterocycles. The van der Waals surface area contributed by atoms with Crippen molar-refractivity contribution >= 4 is 34.5 Å². The maximum absolute atomic E-state index is 6.14. The number of hydrogen-bond donors (Lipinski definition) is 1. The zero-order valence-electron chi connectivity index (χ0n) is 9.83. The first-order valence-electron chi connectivity index (χ1n) is 5.34. The topological polar surface area (TPSA) is 29.3 Å². The Labute approximate surface area is 107 Å². The molecule has 0 radical (unpaired) electrons. The number of benzene rings is 1. The van der Waals surface area contributed by atoms with Crippen molar-refractivity contribution in [3.05, 3.63) is 28.8 Å². The summed E-state index contributed by atoms with van der Waals surface area (Å²) in [5, 5.41) is 0.615. The van der Waals surface area contributed by atoms with Gasteiger partial charge in [0.25, 0.3) is 0 Å². The van der Waals surface area contributed by atoms with E-state index in [1.165, 1.54) is 0 Å². The van der Waals surface area contributed by atoms with Crippen LogP contribution in [0.15, 0.2) is 18.2 Å². The maximum Gasteiger partial charge on any atom is 0.107 e. The summed E-state index contributed by atoms with van der Waals surface area (Å²) in [7, 11) is 0. The molecular weight excluding hydrogens is 240 g/mol. The molecule has 0 aliphatic carbocycles. The molecule has 0 fully saturated rings. The molecule has 2 nitrogen and oxygen atoms in total. The number of hydrogen-bond acceptors (Lipinski definition) is 2. The molecule has 0 heterocycles. The monoisotopic (exact) mass is 256 g/mol. The van der Waals surface area contributed by atoms with E-state index in [9.17, 15) is 0 Å². The molecule has 2 N–H and O–H groups in total. The van der Waals surface area contributed by atoms with Crippen LogP contribution in [-0.4, -0.2) is 17.6 Å². The number of thiocarbonyl (C=S) groups is 1.